The molecule has 1 N–H and O–H groups in total. The molecule has 0 spiro atoms. The normalized spacial score (nSPS) is 17.1. The lowest BCUT2D eigenvalue weighted by Gasteiger charge is -2.18. The van der Waals surface area contributed by atoms with Crippen molar-refractivity contribution in [2.45, 2.75) is 44.7 Å². The molecule has 0 unspecified atom stereocenters. The van der Waals surface area contributed by atoms with Crippen LogP contribution in [0.1, 0.15) is 42.5 Å². The van der Waals surface area contributed by atoms with Gasteiger partial charge in [0.2, 0.25) is 5.56 Å². The van der Waals surface area contributed by atoms with Crippen LogP contribution in [0.15, 0.2) is 10.9 Å². The Kier molecular flexibility index (Phi) is 3.26. The van der Waals surface area contributed by atoms with E-state index in [1.54, 1.807) is 0 Å². The zero-order valence-corrected chi connectivity index (χ0v) is 9.36. The van der Waals surface area contributed by atoms with Crippen LogP contribution in [0.4, 0.5) is 13.2 Å². The van der Waals surface area contributed by atoms with Crippen LogP contribution in [0.2, 0.25) is 0 Å². The van der Waals surface area contributed by atoms with E-state index in [2.05, 4.69) is 0 Å². The van der Waals surface area contributed by atoms with Crippen molar-refractivity contribution in [2.24, 2.45) is 0 Å². The standard InChI is InChI=1S/C12H14F3NO/c13-12(14,15)11-9-6-4-2-1-3-5-8(9)7-10(17)16-11/h7H,1-6H2,(H,16,17). The van der Waals surface area contributed by atoms with Crippen LogP contribution >= 0.6 is 0 Å². The number of alkyl halides is 3. The molecule has 0 aromatic carbocycles. The predicted octanol–water partition coefficient (Wildman–Crippen LogP) is 3.05. The van der Waals surface area contributed by atoms with Crippen LogP contribution in [0, 0.1) is 0 Å². The number of fused-ring (bicyclic) bond motifs is 1. The summed E-state index contributed by atoms with van der Waals surface area (Å²) in [6, 6.07) is 1.32. The fraction of sp³-hybridized carbons (Fsp3) is 0.583. The minimum Gasteiger partial charge on any atom is -0.318 e. The van der Waals surface area contributed by atoms with E-state index in [0.29, 0.717) is 18.4 Å². The lowest BCUT2D eigenvalue weighted by atomic mass is 9.92. The van der Waals surface area contributed by atoms with Crippen LogP contribution in [-0.4, -0.2) is 4.98 Å². The average Bonchev–Trinajstić information content (AvgIpc) is 2.18. The van der Waals surface area contributed by atoms with Crippen LogP contribution < -0.4 is 5.56 Å². The van der Waals surface area contributed by atoms with Crippen molar-refractivity contribution in [3.63, 3.8) is 0 Å². The van der Waals surface area contributed by atoms with Gasteiger partial charge >= 0.3 is 6.18 Å². The quantitative estimate of drug-likeness (QED) is 0.748. The molecule has 0 bridgehead atoms. The van der Waals surface area contributed by atoms with E-state index in [-0.39, 0.29) is 5.56 Å². The molecular weight excluding hydrogens is 231 g/mol. The number of rotatable bonds is 0. The van der Waals surface area contributed by atoms with Gasteiger partial charge in [-0.15, -0.1) is 0 Å². The molecule has 1 aliphatic carbocycles. The largest absolute Gasteiger partial charge is 0.431 e. The van der Waals surface area contributed by atoms with Gasteiger partial charge in [0.05, 0.1) is 0 Å². The van der Waals surface area contributed by atoms with E-state index in [1.807, 2.05) is 4.98 Å². The SMILES string of the molecule is O=c1cc2c(c(C(F)(F)F)[nH]1)CCCCCC2. The first kappa shape index (κ1) is 12.2. The molecule has 1 aliphatic rings. The maximum atomic E-state index is 12.8. The van der Waals surface area contributed by atoms with E-state index < -0.39 is 17.4 Å². The molecule has 0 saturated carbocycles. The van der Waals surface area contributed by atoms with Crippen molar-refractivity contribution in [1.29, 1.82) is 0 Å². The Hall–Kier alpha value is -1.26. The number of aromatic nitrogens is 1. The lowest BCUT2D eigenvalue weighted by Crippen LogP contribution is -2.21. The summed E-state index contributed by atoms with van der Waals surface area (Å²) in [6.45, 7) is 0. The van der Waals surface area contributed by atoms with E-state index in [1.165, 1.54) is 6.07 Å². The van der Waals surface area contributed by atoms with E-state index >= 15 is 0 Å². The van der Waals surface area contributed by atoms with Crippen LogP contribution in [0.5, 0.6) is 0 Å². The highest BCUT2D eigenvalue weighted by Gasteiger charge is 2.35. The molecule has 94 valence electrons. The van der Waals surface area contributed by atoms with Gasteiger partial charge in [0.1, 0.15) is 5.69 Å². The van der Waals surface area contributed by atoms with Crippen molar-refractivity contribution >= 4 is 0 Å². The minimum atomic E-state index is -4.47. The highest BCUT2D eigenvalue weighted by atomic mass is 19.4. The third kappa shape index (κ3) is 2.70. The molecule has 0 saturated heterocycles. The van der Waals surface area contributed by atoms with E-state index in [0.717, 1.165) is 25.7 Å². The Morgan fingerprint density at radius 1 is 1.06 bits per heavy atom. The van der Waals surface area contributed by atoms with Gasteiger partial charge in [0.25, 0.3) is 0 Å². The van der Waals surface area contributed by atoms with Crippen molar-refractivity contribution < 1.29 is 13.2 Å². The van der Waals surface area contributed by atoms with Crippen molar-refractivity contribution in [2.75, 3.05) is 0 Å². The second kappa shape index (κ2) is 4.55. The molecular formula is C12H14F3NO. The first-order valence-corrected chi connectivity index (χ1v) is 5.81. The van der Waals surface area contributed by atoms with Gasteiger partial charge in [-0.2, -0.15) is 13.2 Å². The Morgan fingerprint density at radius 2 is 1.71 bits per heavy atom. The number of aromatic amines is 1. The summed E-state index contributed by atoms with van der Waals surface area (Å²) in [5.41, 5.74) is -0.642. The van der Waals surface area contributed by atoms with Crippen molar-refractivity contribution in [3.8, 4) is 0 Å². The molecule has 0 radical (unpaired) electrons. The predicted molar refractivity (Wildman–Crippen MR) is 57.9 cm³/mol. The number of hydrogen-bond donors (Lipinski definition) is 1. The molecule has 2 nitrogen and oxygen atoms in total. The molecule has 1 aromatic rings. The van der Waals surface area contributed by atoms with Gasteiger partial charge in [-0.3, -0.25) is 4.79 Å². The molecule has 0 amide bonds. The van der Waals surface area contributed by atoms with Crippen molar-refractivity contribution in [1.82, 2.24) is 4.98 Å². The summed E-state index contributed by atoms with van der Waals surface area (Å²) >= 11 is 0. The molecule has 17 heavy (non-hydrogen) atoms. The van der Waals surface area contributed by atoms with Crippen molar-refractivity contribution in [3.05, 3.63) is 33.2 Å². The highest BCUT2D eigenvalue weighted by Crippen LogP contribution is 2.33. The Labute approximate surface area is 96.9 Å². The first-order chi connectivity index (χ1) is 7.98. The highest BCUT2D eigenvalue weighted by molar-refractivity contribution is 5.32. The third-order valence-corrected chi connectivity index (χ3v) is 3.15. The maximum Gasteiger partial charge on any atom is 0.431 e. The molecule has 5 heteroatoms. The fourth-order valence-corrected chi connectivity index (χ4v) is 2.36. The fourth-order valence-electron chi connectivity index (χ4n) is 2.36. The summed E-state index contributed by atoms with van der Waals surface area (Å²) in [4.78, 5) is 13.2. The van der Waals surface area contributed by atoms with Crippen LogP contribution in [0.3, 0.4) is 0 Å². The van der Waals surface area contributed by atoms with Crippen LogP contribution in [-0.2, 0) is 19.0 Å². The second-order valence-corrected chi connectivity index (χ2v) is 4.42. The monoisotopic (exact) mass is 245 g/mol. The summed E-state index contributed by atoms with van der Waals surface area (Å²) in [5.74, 6) is 0. The molecule has 1 aromatic heterocycles. The van der Waals surface area contributed by atoms with E-state index in [9.17, 15) is 18.0 Å². The molecule has 2 rings (SSSR count). The molecule has 0 atom stereocenters. The summed E-state index contributed by atoms with van der Waals surface area (Å²) in [6.07, 6.45) is 0.0896. The number of hydrogen-bond acceptors (Lipinski definition) is 1. The van der Waals surface area contributed by atoms with Crippen LogP contribution in [0.25, 0.3) is 0 Å². The second-order valence-electron chi connectivity index (χ2n) is 4.42. The number of halogens is 3. The number of pyridine rings is 1. The first-order valence-electron chi connectivity index (χ1n) is 5.81. The van der Waals surface area contributed by atoms with E-state index in [4.69, 9.17) is 0 Å². The van der Waals surface area contributed by atoms with Gasteiger partial charge < -0.3 is 4.98 Å². The Morgan fingerprint density at radius 3 is 2.35 bits per heavy atom. The smallest absolute Gasteiger partial charge is 0.318 e. The Balaban J connectivity index is 2.55. The molecule has 0 fully saturated rings. The lowest BCUT2D eigenvalue weighted by molar-refractivity contribution is -0.142. The van der Waals surface area contributed by atoms with Gasteiger partial charge in [-0.1, -0.05) is 12.8 Å². The van der Waals surface area contributed by atoms with Gasteiger partial charge in [-0.05, 0) is 36.8 Å². The Bertz CT molecular complexity index is 462. The number of nitrogens with one attached hydrogen (secondary N) is 1. The average molecular weight is 245 g/mol. The summed E-state index contributed by atoms with van der Waals surface area (Å²) < 4.78 is 38.5. The summed E-state index contributed by atoms with van der Waals surface area (Å²) in [5, 5.41) is 0. The van der Waals surface area contributed by atoms with Gasteiger partial charge in [-0.25, -0.2) is 0 Å². The summed E-state index contributed by atoms with van der Waals surface area (Å²) in [7, 11) is 0. The molecule has 0 aliphatic heterocycles. The maximum absolute atomic E-state index is 12.8. The topological polar surface area (TPSA) is 32.9 Å². The number of H-pyrrole nitrogens is 1. The molecule has 1 heterocycles. The zero-order valence-electron chi connectivity index (χ0n) is 9.36. The minimum absolute atomic E-state index is 0.289. The third-order valence-electron chi connectivity index (χ3n) is 3.15. The number of aryl methyl sites for hydroxylation is 1. The van der Waals surface area contributed by atoms with Gasteiger partial charge in [0.15, 0.2) is 0 Å². The van der Waals surface area contributed by atoms with Gasteiger partial charge in [0, 0.05) is 6.07 Å². The zero-order chi connectivity index (χ0) is 12.5.